The minimum Gasteiger partial charge on any atom is -0.437 e. The Labute approximate surface area is 108 Å². The minimum atomic E-state index is 0.203. The number of hydrogen-bond donors (Lipinski definition) is 1. The van der Waals surface area contributed by atoms with Gasteiger partial charge in [0.15, 0.2) is 0 Å². The molecular formula is C12H12BrN3O. The zero-order valence-electron chi connectivity index (χ0n) is 9.57. The minimum absolute atomic E-state index is 0.203. The van der Waals surface area contributed by atoms with E-state index in [1.54, 1.807) is 6.20 Å². The molecule has 2 rings (SSSR count). The normalized spacial score (nSPS) is 10.3. The third kappa shape index (κ3) is 2.74. The summed E-state index contributed by atoms with van der Waals surface area (Å²) in [5.41, 5.74) is 7.52. The molecule has 0 unspecified atom stereocenters. The van der Waals surface area contributed by atoms with Gasteiger partial charge in [-0.3, -0.25) is 0 Å². The highest BCUT2D eigenvalue weighted by Crippen LogP contribution is 2.30. The lowest BCUT2D eigenvalue weighted by Crippen LogP contribution is -1.99. The number of rotatable bonds is 2. The molecule has 0 saturated carbocycles. The van der Waals surface area contributed by atoms with Crippen LogP contribution < -0.4 is 10.5 Å². The maximum atomic E-state index is 5.70. The van der Waals surface area contributed by atoms with Gasteiger partial charge in [-0.2, -0.15) is 4.98 Å². The van der Waals surface area contributed by atoms with Crippen LogP contribution in [0.4, 0.5) is 5.95 Å². The first-order chi connectivity index (χ1) is 8.06. The van der Waals surface area contributed by atoms with Crippen molar-refractivity contribution in [2.75, 3.05) is 5.73 Å². The summed E-state index contributed by atoms with van der Waals surface area (Å²) in [5.74, 6) is 1.38. The molecule has 1 aromatic carbocycles. The summed E-state index contributed by atoms with van der Waals surface area (Å²) in [6.45, 7) is 3.89. The molecule has 88 valence electrons. The molecule has 0 amide bonds. The first-order valence-corrected chi connectivity index (χ1v) is 5.88. The number of aromatic nitrogens is 2. The number of nitrogen functional groups attached to an aromatic ring is 1. The van der Waals surface area contributed by atoms with Crippen LogP contribution in [-0.2, 0) is 0 Å². The van der Waals surface area contributed by atoms with Crippen molar-refractivity contribution >= 4 is 21.9 Å². The summed E-state index contributed by atoms with van der Waals surface area (Å²) in [4.78, 5) is 7.95. The first kappa shape index (κ1) is 11.9. The fourth-order valence-electron chi connectivity index (χ4n) is 1.34. The molecule has 0 aliphatic rings. The first-order valence-electron chi connectivity index (χ1n) is 5.09. The lowest BCUT2D eigenvalue weighted by molar-refractivity contribution is 0.455. The largest absolute Gasteiger partial charge is 0.437 e. The smallest absolute Gasteiger partial charge is 0.227 e. The van der Waals surface area contributed by atoms with Crippen LogP contribution in [0.5, 0.6) is 11.6 Å². The zero-order valence-corrected chi connectivity index (χ0v) is 11.2. The molecule has 2 N–H and O–H groups in total. The van der Waals surface area contributed by atoms with E-state index in [0.717, 1.165) is 15.6 Å². The van der Waals surface area contributed by atoms with Crippen LogP contribution in [0.1, 0.15) is 11.1 Å². The molecule has 0 saturated heterocycles. The number of anilines is 1. The Morgan fingerprint density at radius 1 is 1.29 bits per heavy atom. The number of nitrogens with zero attached hydrogens (tertiary/aromatic N) is 2. The lowest BCUT2D eigenvalue weighted by Gasteiger charge is -2.09. The maximum absolute atomic E-state index is 5.70. The van der Waals surface area contributed by atoms with Gasteiger partial charge in [0.1, 0.15) is 5.75 Å². The lowest BCUT2D eigenvalue weighted by atomic mass is 10.2. The maximum Gasteiger partial charge on any atom is 0.227 e. The van der Waals surface area contributed by atoms with Crippen LogP contribution in [0.3, 0.4) is 0 Å². The summed E-state index contributed by atoms with van der Waals surface area (Å²) in [7, 11) is 0. The predicted molar refractivity (Wildman–Crippen MR) is 70.1 cm³/mol. The van der Waals surface area contributed by atoms with Gasteiger partial charge in [-0.25, -0.2) is 4.98 Å². The topological polar surface area (TPSA) is 61.0 Å². The van der Waals surface area contributed by atoms with Gasteiger partial charge >= 0.3 is 0 Å². The van der Waals surface area contributed by atoms with Crippen molar-refractivity contribution in [2.45, 2.75) is 13.8 Å². The number of benzene rings is 1. The molecule has 17 heavy (non-hydrogen) atoms. The van der Waals surface area contributed by atoms with Crippen molar-refractivity contribution in [1.29, 1.82) is 0 Å². The Hall–Kier alpha value is -1.62. The van der Waals surface area contributed by atoms with Crippen LogP contribution >= 0.6 is 15.9 Å². The van der Waals surface area contributed by atoms with Gasteiger partial charge in [-0.05, 0) is 47.5 Å². The average molecular weight is 294 g/mol. The van der Waals surface area contributed by atoms with Crippen molar-refractivity contribution in [2.24, 2.45) is 0 Å². The van der Waals surface area contributed by atoms with Gasteiger partial charge in [0.25, 0.3) is 0 Å². The second kappa shape index (κ2) is 4.71. The molecule has 0 fully saturated rings. The van der Waals surface area contributed by atoms with Crippen LogP contribution in [0.25, 0.3) is 0 Å². The van der Waals surface area contributed by atoms with E-state index in [1.807, 2.05) is 32.0 Å². The predicted octanol–water partition coefficient (Wildman–Crippen LogP) is 3.23. The highest BCUT2D eigenvalue weighted by Gasteiger charge is 2.07. The van der Waals surface area contributed by atoms with Crippen LogP contribution in [-0.4, -0.2) is 9.97 Å². The molecule has 1 aromatic heterocycles. The van der Waals surface area contributed by atoms with E-state index in [-0.39, 0.29) is 5.95 Å². The molecule has 1 heterocycles. The molecule has 0 spiro atoms. The number of aryl methyl sites for hydroxylation is 2. The fraction of sp³-hybridized carbons (Fsp3) is 0.167. The van der Waals surface area contributed by atoms with E-state index in [2.05, 4.69) is 25.9 Å². The van der Waals surface area contributed by atoms with Crippen LogP contribution in [0.15, 0.2) is 28.9 Å². The average Bonchev–Trinajstić information content (AvgIpc) is 2.27. The second-order valence-corrected chi connectivity index (χ2v) is 4.61. The van der Waals surface area contributed by atoms with E-state index in [1.165, 1.54) is 0 Å². The highest BCUT2D eigenvalue weighted by molar-refractivity contribution is 9.10. The zero-order chi connectivity index (χ0) is 12.4. The van der Waals surface area contributed by atoms with E-state index in [9.17, 15) is 0 Å². The Morgan fingerprint density at radius 2 is 2.06 bits per heavy atom. The third-order valence-corrected chi connectivity index (χ3v) is 2.86. The Balaban J connectivity index is 2.34. The number of ether oxygens (including phenoxy) is 1. The van der Waals surface area contributed by atoms with Crippen LogP contribution in [0, 0.1) is 13.8 Å². The van der Waals surface area contributed by atoms with E-state index < -0.39 is 0 Å². The molecule has 0 aliphatic carbocycles. The van der Waals surface area contributed by atoms with Crippen molar-refractivity contribution in [3.63, 3.8) is 0 Å². The van der Waals surface area contributed by atoms with Gasteiger partial charge in [0.2, 0.25) is 11.8 Å². The molecule has 5 heteroatoms. The SMILES string of the molecule is Cc1ccc(Oc2nc(N)ncc2C)c(Br)c1. The number of nitrogens with two attached hydrogens (primary N) is 1. The summed E-state index contributed by atoms with van der Waals surface area (Å²) >= 11 is 3.45. The third-order valence-electron chi connectivity index (χ3n) is 2.24. The molecule has 0 atom stereocenters. The summed E-state index contributed by atoms with van der Waals surface area (Å²) in [6.07, 6.45) is 1.64. The molecule has 2 aromatic rings. The van der Waals surface area contributed by atoms with Crippen molar-refractivity contribution in [3.05, 3.63) is 40.0 Å². The summed E-state index contributed by atoms with van der Waals surface area (Å²) in [5, 5.41) is 0. The van der Waals surface area contributed by atoms with E-state index in [4.69, 9.17) is 10.5 Å². The summed E-state index contributed by atoms with van der Waals surface area (Å²) < 4.78 is 6.58. The van der Waals surface area contributed by atoms with Gasteiger partial charge < -0.3 is 10.5 Å². The van der Waals surface area contributed by atoms with E-state index in [0.29, 0.717) is 11.6 Å². The number of halogens is 1. The Morgan fingerprint density at radius 3 is 2.76 bits per heavy atom. The van der Waals surface area contributed by atoms with Crippen molar-refractivity contribution < 1.29 is 4.74 Å². The Kier molecular flexibility index (Phi) is 3.28. The molecular weight excluding hydrogens is 282 g/mol. The standard InChI is InChI=1S/C12H12BrN3O/c1-7-3-4-10(9(13)5-7)17-11-8(2)6-15-12(14)16-11/h3-6H,1-2H3,(H2,14,15,16). The van der Waals surface area contributed by atoms with Crippen molar-refractivity contribution in [3.8, 4) is 11.6 Å². The number of hydrogen-bond acceptors (Lipinski definition) is 4. The molecule has 4 nitrogen and oxygen atoms in total. The van der Waals surface area contributed by atoms with Crippen LogP contribution in [0.2, 0.25) is 0 Å². The highest BCUT2D eigenvalue weighted by atomic mass is 79.9. The van der Waals surface area contributed by atoms with Gasteiger partial charge in [-0.15, -0.1) is 0 Å². The fourth-order valence-corrected chi connectivity index (χ4v) is 1.91. The monoisotopic (exact) mass is 293 g/mol. The molecule has 0 aliphatic heterocycles. The molecule has 0 bridgehead atoms. The van der Waals surface area contributed by atoms with Gasteiger partial charge in [-0.1, -0.05) is 6.07 Å². The van der Waals surface area contributed by atoms with E-state index >= 15 is 0 Å². The van der Waals surface area contributed by atoms with Crippen molar-refractivity contribution in [1.82, 2.24) is 9.97 Å². The quantitative estimate of drug-likeness (QED) is 0.923. The van der Waals surface area contributed by atoms with Gasteiger partial charge in [0, 0.05) is 11.8 Å². The Bertz CT molecular complexity index is 557. The molecule has 0 radical (unpaired) electrons. The summed E-state index contributed by atoms with van der Waals surface area (Å²) in [6, 6.07) is 5.84. The second-order valence-electron chi connectivity index (χ2n) is 3.75. The van der Waals surface area contributed by atoms with Gasteiger partial charge in [0.05, 0.1) is 4.47 Å².